The lowest BCUT2D eigenvalue weighted by Crippen LogP contribution is -2.21. The van der Waals surface area contributed by atoms with Crippen LogP contribution in [-0.4, -0.2) is 11.7 Å². The molecule has 3 rings (SSSR count). The van der Waals surface area contributed by atoms with Crippen molar-refractivity contribution in [1.82, 2.24) is 0 Å². The Kier molecular flexibility index (Phi) is 3.75. The van der Waals surface area contributed by atoms with Crippen LogP contribution in [-0.2, 0) is 0 Å². The maximum Gasteiger partial charge on any atom is 0.131 e. The quantitative estimate of drug-likeness (QED) is 0.894. The highest BCUT2D eigenvalue weighted by Gasteiger charge is 2.32. The smallest absolute Gasteiger partial charge is 0.131 e. The van der Waals surface area contributed by atoms with E-state index in [2.05, 4.69) is 19.1 Å². The van der Waals surface area contributed by atoms with Gasteiger partial charge in [-0.25, -0.2) is 0 Å². The van der Waals surface area contributed by atoms with Gasteiger partial charge in [-0.2, -0.15) is 0 Å². The minimum atomic E-state index is 0.209. The van der Waals surface area contributed by atoms with Gasteiger partial charge in [0, 0.05) is 23.7 Å². The molecule has 2 aromatic rings. The summed E-state index contributed by atoms with van der Waals surface area (Å²) >= 11 is 0. The van der Waals surface area contributed by atoms with Crippen molar-refractivity contribution in [3.05, 3.63) is 59.7 Å². The Labute approximate surface area is 120 Å². The van der Waals surface area contributed by atoms with E-state index in [0.717, 1.165) is 24.3 Å². The molecular formula is C18H20O2. The second kappa shape index (κ2) is 5.68. The maximum absolute atomic E-state index is 9.82. The fraction of sp³-hybridized carbons (Fsp3) is 0.333. The van der Waals surface area contributed by atoms with Crippen molar-refractivity contribution in [2.75, 3.05) is 6.61 Å². The molecule has 0 aromatic heterocycles. The van der Waals surface area contributed by atoms with Gasteiger partial charge in [-0.1, -0.05) is 49.7 Å². The van der Waals surface area contributed by atoms with Crippen LogP contribution in [0.15, 0.2) is 48.5 Å². The highest BCUT2D eigenvalue weighted by molar-refractivity contribution is 5.53. The standard InChI is InChI=1S/C18H20O2/c1-2-7-13(12-19)18-14-8-3-5-10-16(14)20-17-11-6-4-9-15(17)18/h3-6,8-11,13,18-19H,2,7,12H2,1H3/t13-/m0/s1. The molecule has 1 aliphatic heterocycles. The first-order chi connectivity index (χ1) is 9.85. The summed E-state index contributed by atoms with van der Waals surface area (Å²) in [6, 6.07) is 16.3. The van der Waals surface area contributed by atoms with Crippen LogP contribution >= 0.6 is 0 Å². The Morgan fingerprint density at radius 2 is 1.55 bits per heavy atom. The van der Waals surface area contributed by atoms with E-state index in [4.69, 9.17) is 4.74 Å². The zero-order valence-corrected chi connectivity index (χ0v) is 11.8. The number of fused-ring (bicyclic) bond motifs is 2. The highest BCUT2D eigenvalue weighted by Crippen LogP contribution is 2.47. The van der Waals surface area contributed by atoms with Gasteiger partial charge in [0.1, 0.15) is 11.5 Å². The third-order valence-corrected chi connectivity index (χ3v) is 4.09. The molecule has 0 saturated carbocycles. The van der Waals surface area contributed by atoms with Crippen LogP contribution in [0.2, 0.25) is 0 Å². The van der Waals surface area contributed by atoms with Crippen molar-refractivity contribution in [2.45, 2.75) is 25.7 Å². The van der Waals surface area contributed by atoms with Crippen molar-refractivity contribution in [3.8, 4) is 11.5 Å². The molecule has 1 atom stereocenters. The molecule has 1 N–H and O–H groups in total. The van der Waals surface area contributed by atoms with E-state index in [1.807, 2.05) is 36.4 Å². The number of aliphatic hydroxyl groups excluding tert-OH is 1. The van der Waals surface area contributed by atoms with Gasteiger partial charge in [-0.15, -0.1) is 0 Å². The Morgan fingerprint density at radius 1 is 1.00 bits per heavy atom. The van der Waals surface area contributed by atoms with Crippen molar-refractivity contribution in [2.24, 2.45) is 5.92 Å². The third kappa shape index (κ3) is 2.20. The Hall–Kier alpha value is -1.80. The Morgan fingerprint density at radius 3 is 2.05 bits per heavy atom. The van der Waals surface area contributed by atoms with E-state index in [-0.39, 0.29) is 18.4 Å². The predicted molar refractivity (Wildman–Crippen MR) is 80.3 cm³/mol. The SMILES string of the molecule is CCC[C@@H](CO)C1c2ccccc2Oc2ccccc21. The lowest BCUT2D eigenvalue weighted by Gasteiger charge is -2.33. The van der Waals surface area contributed by atoms with Crippen LogP contribution in [0.3, 0.4) is 0 Å². The maximum atomic E-state index is 9.82. The van der Waals surface area contributed by atoms with E-state index in [0.29, 0.717) is 0 Å². The lowest BCUT2D eigenvalue weighted by molar-refractivity contribution is 0.200. The van der Waals surface area contributed by atoms with E-state index in [9.17, 15) is 5.11 Å². The fourth-order valence-corrected chi connectivity index (χ4v) is 3.19. The number of hydrogen-bond donors (Lipinski definition) is 1. The first kappa shape index (κ1) is 13.2. The molecule has 0 radical (unpaired) electrons. The molecule has 2 aromatic carbocycles. The molecule has 20 heavy (non-hydrogen) atoms. The summed E-state index contributed by atoms with van der Waals surface area (Å²) in [6.45, 7) is 2.38. The minimum absolute atomic E-state index is 0.209. The monoisotopic (exact) mass is 268 g/mol. The van der Waals surface area contributed by atoms with Crippen LogP contribution < -0.4 is 4.74 Å². The Bertz CT molecular complexity index is 546. The molecule has 0 saturated heterocycles. The van der Waals surface area contributed by atoms with Crippen LogP contribution in [0.4, 0.5) is 0 Å². The molecule has 0 bridgehead atoms. The Balaban J connectivity index is 2.11. The summed E-state index contributed by atoms with van der Waals surface area (Å²) in [7, 11) is 0. The normalized spacial score (nSPS) is 15.1. The summed E-state index contributed by atoms with van der Waals surface area (Å²) in [5, 5.41) is 9.82. The van der Waals surface area contributed by atoms with Gasteiger partial charge in [0.25, 0.3) is 0 Å². The topological polar surface area (TPSA) is 29.5 Å². The van der Waals surface area contributed by atoms with Crippen LogP contribution in [0.5, 0.6) is 11.5 Å². The second-order valence-corrected chi connectivity index (χ2v) is 5.39. The zero-order chi connectivity index (χ0) is 13.9. The van der Waals surface area contributed by atoms with Crippen molar-refractivity contribution < 1.29 is 9.84 Å². The van der Waals surface area contributed by atoms with E-state index < -0.39 is 0 Å². The van der Waals surface area contributed by atoms with Gasteiger partial charge in [-0.05, 0) is 24.5 Å². The first-order valence-corrected chi connectivity index (χ1v) is 7.31. The molecule has 1 heterocycles. The summed E-state index contributed by atoms with van der Waals surface area (Å²) in [5.41, 5.74) is 2.39. The van der Waals surface area contributed by atoms with Gasteiger partial charge in [0.05, 0.1) is 0 Å². The average Bonchev–Trinajstić information content (AvgIpc) is 2.50. The predicted octanol–water partition coefficient (Wildman–Crippen LogP) is 4.33. The van der Waals surface area contributed by atoms with E-state index >= 15 is 0 Å². The first-order valence-electron chi connectivity index (χ1n) is 7.31. The second-order valence-electron chi connectivity index (χ2n) is 5.39. The molecule has 0 unspecified atom stereocenters. The van der Waals surface area contributed by atoms with Gasteiger partial charge < -0.3 is 9.84 Å². The minimum Gasteiger partial charge on any atom is -0.457 e. The molecular weight excluding hydrogens is 248 g/mol. The number of hydrogen-bond acceptors (Lipinski definition) is 2. The van der Waals surface area contributed by atoms with Crippen LogP contribution in [0.25, 0.3) is 0 Å². The number of benzene rings is 2. The number of para-hydroxylation sites is 2. The van der Waals surface area contributed by atoms with Gasteiger partial charge in [-0.3, -0.25) is 0 Å². The van der Waals surface area contributed by atoms with Crippen LogP contribution in [0, 0.1) is 5.92 Å². The number of rotatable bonds is 4. The van der Waals surface area contributed by atoms with Gasteiger partial charge >= 0.3 is 0 Å². The highest BCUT2D eigenvalue weighted by atomic mass is 16.5. The molecule has 0 fully saturated rings. The molecule has 0 spiro atoms. The molecule has 104 valence electrons. The molecule has 1 aliphatic rings. The summed E-state index contributed by atoms with van der Waals surface area (Å²) < 4.78 is 6.00. The van der Waals surface area contributed by atoms with Crippen molar-refractivity contribution in [3.63, 3.8) is 0 Å². The van der Waals surface area contributed by atoms with Crippen molar-refractivity contribution >= 4 is 0 Å². The fourth-order valence-electron chi connectivity index (χ4n) is 3.19. The van der Waals surface area contributed by atoms with E-state index in [1.54, 1.807) is 0 Å². The van der Waals surface area contributed by atoms with Gasteiger partial charge in [0.15, 0.2) is 0 Å². The molecule has 2 heteroatoms. The average molecular weight is 268 g/mol. The summed E-state index contributed by atoms with van der Waals surface area (Å²) in [6.07, 6.45) is 2.09. The summed E-state index contributed by atoms with van der Waals surface area (Å²) in [5.74, 6) is 2.31. The van der Waals surface area contributed by atoms with Gasteiger partial charge in [0.2, 0.25) is 0 Å². The third-order valence-electron chi connectivity index (χ3n) is 4.09. The molecule has 0 amide bonds. The summed E-state index contributed by atoms with van der Waals surface area (Å²) in [4.78, 5) is 0. The van der Waals surface area contributed by atoms with Crippen molar-refractivity contribution in [1.29, 1.82) is 0 Å². The zero-order valence-electron chi connectivity index (χ0n) is 11.8. The lowest BCUT2D eigenvalue weighted by atomic mass is 9.77. The molecule has 2 nitrogen and oxygen atoms in total. The molecule has 0 aliphatic carbocycles. The number of ether oxygens (including phenoxy) is 1. The number of aliphatic hydroxyl groups is 1. The van der Waals surface area contributed by atoms with E-state index in [1.165, 1.54) is 11.1 Å². The van der Waals surface area contributed by atoms with Crippen LogP contribution in [0.1, 0.15) is 36.8 Å². The largest absolute Gasteiger partial charge is 0.457 e.